The maximum Gasteiger partial charge on any atom is 0.917 e. The molecule has 0 spiro atoms. The predicted octanol–water partition coefficient (Wildman–Crippen LogP) is 0.966. The molecule has 0 heterocycles. The lowest BCUT2D eigenvalue weighted by molar-refractivity contribution is -0.423. The third-order valence-electron chi connectivity index (χ3n) is 5.04. The fraction of sp³-hybridized carbons (Fsp3) is 1.00. The minimum Gasteiger partial charge on any atom is -0.403 e. The Morgan fingerprint density at radius 2 is 0.613 bits per heavy atom. The summed E-state index contributed by atoms with van der Waals surface area (Å²) in [5.74, 6) is -5.09. The van der Waals surface area contributed by atoms with Crippen LogP contribution in [0.2, 0.25) is 0 Å². The summed E-state index contributed by atoms with van der Waals surface area (Å²) in [5.41, 5.74) is 0. The second kappa shape index (κ2) is 14.3. The van der Waals surface area contributed by atoms with Crippen LogP contribution in [0.15, 0.2) is 0 Å². The summed E-state index contributed by atoms with van der Waals surface area (Å²) >= 11 is -3.41. The maximum atomic E-state index is 6.09. The topological polar surface area (TPSA) is 111 Å². The minimum absolute atomic E-state index is 0.691. The van der Waals surface area contributed by atoms with Gasteiger partial charge in [-0.1, -0.05) is 0 Å². The molecule has 0 amide bonds. The van der Waals surface area contributed by atoms with Gasteiger partial charge in [0.15, 0.2) is 0 Å². The first kappa shape index (κ1) is 31.1. The Balaban J connectivity index is 6.34. The number of rotatable bonds is 18. The number of hydrogen-bond donors (Lipinski definition) is 0. The van der Waals surface area contributed by atoms with Gasteiger partial charge in [-0.25, -0.2) is 0 Å². The molecule has 0 aliphatic carbocycles. The first-order chi connectivity index (χ1) is 14.6. The number of methoxy groups -OCH3 is 9. The average molecular weight is 474 g/mol. The van der Waals surface area contributed by atoms with Gasteiger partial charge < -0.3 is 54.0 Å². The molecule has 0 rings (SSSR count). The van der Waals surface area contributed by atoms with Crippen LogP contribution >= 0.6 is 0 Å². The van der Waals surface area contributed by atoms with Gasteiger partial charge in [-0.05, 0) is 20.8 Å². The molecule has 12 nitrogen and oxygen atoms in total. The van der Waals surface area contributed by atoms with E-state index in [-0.39, 0.29) is 0 Å². The molecule has 0 saturated carbocycles. The van der Waals surface area contributed by atoms with Crippen molar-refractivity contribution in [3.05, 3.63) is 0 Å². The van der Waals surface area contributed by atoms with Crippen LogP contribution in [-0.4, -0.2) is 115 Å². The van der Waals surface area contributed by atoms with E-state index in [0.717, 1.165) is 0 Å². The van der Waals surface area contributed by atoms with Crippen LogP contribution < -0.4 is 0 Å². The molecule has 31 heavy (non-hydrogen) atoms. The van der Waals surface area contributed by atoms with Crippen molar-refractivity contribution < 1.29 is 54.0 Å². The summed E-state index contributed by atoms with van der Waals surface area (Å²) in [4.78, 5) is 0. The summed E-state index contributed by atoms with van der Waals surface area (Å²) in [6.07, 6.45) is -2.07. The van der Waals surface area contributed by atoms with Gasteiger partial charge >= 0.3 is 15.1 Å². The highest BCUT2D eigenvalue weighted by Gasteiger charge is 2.58. The quantitative estimate of drug-likeness (QED) is 0.208. The Morgan fingerprint density at radius 1 is 0.419 bits per heavy atom. The SMILES string of the molecule is COC(C)C(OC)(OC)[O][Al]([O]C(OC)(OC)C(C)OC)[O]C(OC)(OC)C(C)OC. The van der Waals surface area contributed by atoms with Gasteiger partial charge in [0.2, 0.25) is 0 Å². The van der Waals surface area contributed by atoms with Gasteiger partial charge in [-0.3, -0.25) is 0 Å². The summed E-state index contributed by atoms with van der Waals surface area (Å²) in [5, 5.41) is 0. The molecule has 0 aliphatic heterocycles. The lowest BCUT2D eigenvalue weighted by Crippen LogP contribution is -2.61. The van der Waals surface area contributed by atoms with Gasteiger partial charge in [0.25, 0.3) is 17.9 Å². The molecular formula is C18H39AlO12. The van der Waals surface area contributed by atoms with Gasteiger partial charge in [0, 0.05) is 64.0 Å². The predicted molar refractivity (Wildman–Crippen MR) is 109 cm³/mol. The first-order valence-electron chi connectivity index (χ1n) is 9.52. The van der Waals surface area contributed by atoms with Crippen molar-refractivity contribution in [3.8, 4) is 0 Å². The second-order valence-corrected chi connectivity index (χ2v) is 7.60. The van der Waals surface area contributed by atoms with Crippen LogP contribution in [-0.2, 0) is 54.0 Å². The highest BCUT2D eigenvalue weighted by Crippen LogP contribution is 2.31. The molecule has 0 bridgehead atoms. The number of hydrogen-bond acceptors (Lipinski definition) is 12. The molecule has 186 valence electrons. The Kier molecular flexibility index (Phi) is 14.4. The molecule has 0 aromatic rings. The van der Waals surface area contributed by atoms with Crippen LogP contribution in [0, 0.1) is 0 Å². The average Bonchev–Trinajstić information content (AvgIpc) is 2.82. The van der Waals surface area contributed by atoms with E-state index in [4.69, 9.17) is 54.0 Å². The molecule has 3 atom stereocenters. The first-order valence-corrected chi connectivity index (χ1v) is 10.9. The van der Waals surface area contributed by atoms with Gasteiger partial charge in [-0.15, -0.1) is 0 Å². The lowest BCUT2D eigenvalue weighted by atomic mass is 10.3. The summed E-state index contributed by atoms with van der Waals surface area (Å²) in [6, 6.07) is 0. The van der Waals surface area contributed by atoms with Gasteiger partial charge in [-0.2, -0.15) is 0 Å². The summed E-state index contributed by atoms with van der Waals surface area (Å²) in [6.45, 7) is 5.06. The largest absolute Gasteiger partial charge is 0.917 e. The Hall–Kier alpha value is 0.0525. The molecule has 0 aromatic carbocycles. The van der Waals surface area contributed by atoms with Crippen molar-refractivity contribution in [2.75, 3.05) is 64.0 Å². The van der Waals surface area contributed by atoms with Crippen LogP contribution in [0.1, 0.15) is 20.8 Å². The molecule has 0 saturated heterocycles. The monoisotopic (exact) mass is 474 g/mol. The van der Waals surface area contributed by atoms with Gasteiger partial charge in [0.05, 0.1) is 0 Å². The molecular weight excluding hydrogens is 435 g/mol. The van der Waals surface area contributed by atoms with Crippen LogP contribution in [0.25, 0.3) is 0 Å². The Bertz CT molecular complexity index is 404. The van der Waals surface area contributed by atoms with Gasteiger partial charge in [0.1, 0.15) is 18.3 Å². The smallest absolute Gasteiger partial charge is 0.403 e. The number of ether oxygens (including phenoxy) is 9. The molecule has 0 aliphatic rings. The van der Waals surface area contributed by atoms with Crippen LogP contribution in [0.4, 0.5) is 0 Å². The molecule has 0 N–H and O–H groups in total. The third-order valence-corrected chi connectivity index (χ3v) is 6.61. The fourth-order valence-electron chi connectivity index (χ4n) is 2.73. The van der Waals surface area contributed by atoms with E-state index >= 15 is 0 Å². The zero-order chi connectivity index (χ0) is 24.3. The molecule has 0 radical (unpaired) electrons. The Labute approximate surface area is 190 Å². The third kappa shape index (κ3) is 7.27. The van der Waals surface area contributed by atoms with E-state index < -0.39 is 51.4 Å². The second-order valence-electron chi connectivity index (χ2n) is 6.31. The summed E-state index contributed by atoms with van der Waals surface area (Å²) in [7, 11) is 12.8. The van der Waals surface area contributed by atoms with E-state index in [1.165, 1.54) is 64.0 Å². The maximum absolute atomic E-state index is 6.09. The van der Waals surface area contributed by atoms with Crippen LogP contribution in [0.5, 0.6) is 0 Å². The fourth-order valence-corrected chi connectivity index (χ4v) is 4.83. The van der Waals surface area contributed by atoms with Crippen molar-refractivity contribution >= 4 is 15.1 Å². The molecule has 0 fully saturated rings. The van der Waals surface area contributed by atoms with E-state index in [1.807, 2.05) is 0 Å². The molecule has 0 aromatic heterocycles. The van der Waals surface area contributed by atoms with Crippen molar-refractivity contribution in [2.24, 2.45) is 0 Å². The molecule has 13 heteroatoms. The minimum atomic E-state index is -3.41. The zero-order valence-electron chi connectivity index (χ0n) is 20.7. The van der Waals surface area contributed by atoms with E-state index in [9.17, 15) is 0 Å². The summed E-state index contributed by atoms with van der Waals surface area (Å²) < 4.78 is 67.3. The highest BCUT2D eigenvalue weighted by molar-refractivity contribution is 6.36. The zero-order valence-corrected chi connectivity index (χ0v) is 21.9. The van der Waals surface area contributed by atoms with E-state index in [2.05, 4.69) is 0 Å². The van der Waals surface area contributed by atoms with E-state index in [1.54, 1.807) is 20.8 Å². The normalized spacial score (nSPS) is 16.3. The standard InChI is InChI=1S/3C6H13O4.Al/c3*1-5(8-2)6(7,9-3)10-4;/h3*5H,1-4H3;/q3*-1;+3. The van der Waals surface area contributed by atoms with Crippen molar-refractivity contribution in [2.45, 2.75) is 57.0 Å². The van der Waals surface area contributed by atoms with E-state index in [0.29, 0.717) is 0 Å². The van der Waals surface area contributed by atoms with Crippen molar-refractivity contribution in [3.63, 3.8) is 0 Å². The lowest BCUT2D eigenvalue weighted by Gasteiger charge is -2.43. The van der Waals surface area contributed by atoms with Crippen molar-refractivity contribution in [1.82, 2.24) is 0 Å². The Morgan fingerprint density at radius 3 is 0.742 bits per heavy atom. The van der Waals surface area contributed by atoms with Crippen LogP contribution in [0.3, 0.4) is 0 Å². The van der Waals surface area contributed by atoms with Crippen molar-refractivity contribution in [1.29, 1.82) is 0 Å². The highest BCUT2D eigenvalue weighted by atomic mass is 27.3. The molecule has 3 unspecified atom stereocenters.